The highest BCUT2D eigenvalue weighted by atomic mass is 32.1. The highest BCUT2D eigenvalue weighted by Gasteiger charge is 2.28. The van der Waals surface area contributed by atoms with Gasteiger partial charge in [0.1, 0.15) is 6.61 Å². The number of likely N-dealkylation sites (N-methyl/N-ethyl adjacent to an activating group) is 1. The van der Waals surface area contributed by atoms with Gasteiger partial charge in [-0.2, -0.15) is 0 Å². The molecule has 160 valence electrons. The number of carbonyl (C=O) groups excluding carboxylic acids is 2. The van der Waals surface area contributed by atoms with Crippen molar-refractivity contribution in [2.24, 2.45) is 5.92 Å². The van der Waals surface area contributed by atoms with Crippen LogP contribution >= 0.6 is 11.3 Å². The Balaban J connectivity index is 1.71. The van der Waals surface area contributed by atoms with E-state index >= 15 is 0 Å². The first kappa shape index (κ1) is 21.9. The van der Waals surface area contributed by atoms with Crippen molar-refractivity contribution in [1.82, 2.24) is 20.4 Å². The summed E-state index contributed by atoms with van der Waals surface area (Å²) in [5, 5.41) is 7.58. The van der Waals surface area contributed by atoms with Crippen LogP contribution in [0.3, 0.4) is 0 Å². The zero-order valence-corrected chi connectivity index (χ0v) is 18.4. The van der Waals surface area contributed by atoms with Crippen LogP contribution in [-0.4, -0.2) is 60.0 Å². The molecule has 30 heavy (non-hydrogen) atoms. The molecular formula is C21H26N4O4S. The first-order valence-electron chi connectivity index (χ1n) is 9.78. The van der Waals surface area contributed by atoms with Gasteiger partial charge in [0.15, 0.2) is 0 Å². The van der Waals surface area contributed by atoms with E-state index in [0.717, 1.165) is 10.1 Å². The van der Waals surface area contributed by atoms with E-state index in [0.29, 0.717) is 24.4 Å². The second-order valence-corrected chi connectivity index (χ2v) is 8.79. The van der Waals surface area contributed by atoms with E-state index in [1.807, 2.05) is 63.2 Å². The van der Waals surface area contributed by atoms with Gasteiger partial charge in [-0.3, -0.25) is 14.1 Å². The van der Waals surface area contributed by atoms with E-state index in [4.69, 9.17) is 9.26 Å². The van der Waals surface area contributed by atoms with Crippen molar-refractivity contribution < 1.29 is 18.8 Å². The molecule has 9 heteroatoms. The third-order valence-electron chi connectivity index (χ3n) is 4.37. The summed E-state index contributed by atoms with van der Waals surface area (Å²) >= 11 is 1.39. The minimum atomic E-state index is -0.755. The topological polar surface area (TPSA) is 97.6 Å². The molecule has 0 bridgehead atoms. The molecule has 2 heterocycles. The Morgan fingerprint density at radius 1 is 1.27 bits per heavy atom. The van der Waals surface area contributed by atoms with Crippen LogP contribution in [0.4, 0.5) is 0 Å². The van der Waals surface area contributed by atoms with Gasteiger partial charge in [-0.05, 0) is 49.1 Å². The van der Waals surface area contributed by atoms with Crippen molar-refractivity contribution in [3.8, 4) is 6.08 Å². The third kappa shape index (κ3) is 5.64. The first-order chi connectivity index (χ1) is 14.3. The molecule has 1 N–H and O–H groups in total. The molecule has 0 fully saturated rings. The van der Waals surface area contributed by atoms with Crippen LogP contribution in [0.5, 0.6) is 6.08 Å². The molecular weight excluding hydrogens is 404 g/mol. The van der Waals surface area contributed by atoms with Crippen molar-refractivity contribution in [2.45, 2.75) is 26.3 Å². The molecule has 0 radical (unpaired) electrons. The summed E-state index contributed by atoms with van der Waals surface area (Å²) in [5.41, 5.74) is 0. The summed E-state index contributed by atoms with van der Waals surface area (Å²) in [5.74, 6) is -0.605. The summed E-state index contributed by atoms with van der Waals surface area (Å²) in [6, 6.07) is 8.85. The number of rotatable bonds is 10. The van der Waals surface area contributed by atoms with Crippen molar-refractivity contribution in [1.29, 1.82) is 0 Å². The summed E-state index contributed by atoms with van der Waals surface area (Å²) < 4.78 is 11.4. The van der Waals surface area contributed by atoms with Gasteiger partial charge in [-0.15, -0.1) is 16.3 Å². The monoisotopic (exact) mass is 430 g/mol. The number of thiophene rings is 1. The molecule has 0 spiro atoms. The maximum Gasteiger partial charge on any atom is 0.417 e. The average molecular weight is 431 g/mol. The van der Waals surface area contributed by atoms with Gasteiger partial charge >= 0.3 is 6.08 Å². The number of amides is 1. The maximum atomic E-state index is 13.0. The lowest BCUT2D eigenvalue weighted by Crippen LogP contribution is -2.42. The van der Waals surface area contributed by atoms with Crippen LogP contribution in [-0.2, 0) is 0 Å². The molecule has 0 aliphatic rings. The first-order valence-corrected chi connectivity index (χ1v) is 10.6. The Labute approximate surface area is 179 Å². The molecule has 8 nitrogen and oxygen atoms in total. The van der Waals surface area contributed by atoms with Crippen LogP contribution < -0.4 is 10.1 Å². The SMILES string of the molecule is CC(C)CC(NC(=O)c1cc2ccccc2s1)C(=O)c1noc(OCCN(C)C)n1. The number of Topliss-reactive ketones (excluding diaryl/α,β-unsaturated/α-hetero) is 1. The summed E-state index contributed by atoms with van der Waals surface area (Å²) in [6.07, 6.45) is 0.403. The molecule has 3 aromatic rings. The normalized spacial score (nSPS) is 12.5. The minimum Gasteiger partial charge on any atom is -0.447 e. The molecule has 1 aromatic carbocycles. The van der Waals surface area contributed by atoms with Crippen molar-refractivity contribution >= 4 is 33.1 Å². The Bertz CT molecular complexity index is 978. The van der Waals surface area contributed by atoms with Gasteiger partial charge in [0.05, 0.1) is 10.9 Å². The summed E-state index contributed by atoms with van der Waals surface area (Å²) in [4.78, 5) is 32.3. The number of aromatic nitrogens is 2. The van der Waals surface area contributed by atoms with E-state index in [1.165, 1.54) is 11.3 Å². The van der Waals surface area contributed by atoms with Gasteiger partial charge in [0.25, 0.3) is 5.91 Å². The van der Waals surface area contributed by atoms with E-state index in [-0.39, 0.29) is 23.7 Å². The van der Waals surface area contributed by atoms with E-state index in [1.54, 1.807) is 0 Å². The summed E-state index contributed by atoms with van der Waals surface area (Å²) in [6.45, 7) is 5.00. The number of nitrogens with zero attached hydrogens (tertiary/aromatic N) is 3. The fourth-order valence-corrected chi connectivity index (χ4v) is 3.83. The van der Waals surface area contributed by atoms with Crippen LogP contribution in [0.2, 0.25) is 0 Å². The number of nitrogens with one attached hydrogen (secondary N) is 1. The molecule has 0 saturated carbocycles. The van der Waals surface area contributed by atoms with E-state index in [2.05, 4.69) is 15.5 Å². The Morgan fingerprint density at radius 3 is 2.73 bits per heavy atom. The zero-order valence-electron chi connectivity index (χ0n) is 17.5. The lowest BCUT2D eigenvalue weighted by atomic mass is 9.99. The number of ketones is 1. The van der Waals surface area contributed by atoms with E-state index < -0.39 is 11.8 Å². The van der Waals surface area contributed by atoms with Crippen LogP contribution in [0.15, 0.2) is 34.9 Å². The quantitative estimate of drug-likeness (QED) is 0.493. The van der Waals surface area contributed by atoms with Gasteiger partial charge in [0.2, 0.25) is 11.6 Å². The average Bonchev–Trinajstić information content (AvgIpc) is 3.33. The zero-order chi connectivity index (χ0) is 21.7. The number of ether oxygens (including phenoxy) is 1. The molecule has 0 aliphatic carbocycles. The van der Waals surface area contributed by atoms with Crippen LogP contribution in [0.25, 0.3) is 10.1 Å². The minimum absolute atomic E-state index is 0.0562. The molecule has 1 amide bonds. The maximum absolute atomic E-state index is 13.0. The second kappa shape index (κ2) is 9.82. The number of benzene rings is 1. The Kier molecular flexibility index (Phi) is 7.17. The third-order valence-corrected chi connectivity index (χ3v) is 5.48. The smallest absolute Gasteiger partial charge is 0.417 e. The number of hydrogen-bond acceptors (Lipinski definition) is 8. The van der Waals surface area contributed by atoms with Gasteiger partial charge < -0.3 is 15.0 Å². The van der Waals surface area contributed by atoms with Crippen molar-refractivity contribution in [2.75, 3.05) is 27.2 Å². The van der Waals surface area contributed by atoms with Gasteiger partial charge in [0, 0.05) is 11.2 Å². The molecule has 1 unspecified atom stereocenters. The molecule has 3 rings (SSSR count). The van der Waals surface area contributed by atoms with Crippen LogP contribution in [0, 0.1) is 5.92 Å². The lowest BCUT2D eigenvalue weighted by Gasteiger charge is -2.17. The van der Waals surface area contributed by atoms with Gasteiger partial charge in [-0.25, -0.2) is 0 Å². The predicted molar refractivity (Wildman–Crippen MR) is 115 cm³/mol. The highest BCUT2D eigenvalue weighted by molar-refractivity contribution is 7.20. The van der Waals surface area contributed by atoms with Crippen molar-refractivity contribution in [3.63, 3.8) is 0 Å². The number of fused-ring (bicyclic) bond motifs is 1. The van der Waals surface area contributed by atoms with Crippen LogP contribution in [0.1, 0.15) is 40.6 Å². The highest BCUT2D eigenvalue weighted by Crippen LogP contribution is 2.25. The Morgan fingerprint density at radius 2 is 2.03 bits per heavy atom. The molecule has 0 aliphatic heterocycles. The molecule has 0 saturated heterocycles. The van der Waals surface area contributed by atoms with Gasteiger partial charge in [-0.1, -0.05) is 32.0 Å². The standard InChI is InChI=1S/C21H26N4O4S/c1-13(2)11-15(18(26)19-23-21(29-24-19)28-10-9-25(3)4)22-20(27)17-12-14-7-5-6-8-16(14)30-17/h5-8,12-13,15H,9-11H2,1-4H3,(H,22,27). The number of carbonyl (C=O) groups is 2. The van der Waals surface area contributed by atoms with E-state index in [9.17, 15) is 9.59 Å². The summed E-state index contributed by atoms with van der Waals surface area (Å²) in [7, 11) is 3.84. The lowest BCUT2D eigenvalue weighted by molar-refractivity contribution is 0.0840. The van der Waals surface area contributed by atoms with Crippen molar-refractivity contribution in [3.05, 3.63) is 41.0 Å². The largest absolute Gasteiger partial charge is 0.447 e. The number of hydrogen-bond donors (Lipinski definition) is 1. The molecule has 2 aromatic heterocycles. The Hall–Kier alpha value is -2.78. The second-order valence-electron chi connectivity index (χ2n) is 7.70. The predicted octanol–water partition coefficient (Wildman–Crippen LogP) is 3.25. The fourth-order valence-electron chi connectivity index (χ4n) is 2.87. The fraction of sp³-hybridized carbons (Fsp3) is 0.429. The molecule has 1 atom stereocenters.